The van der Waals surface area contributed by atoms with Crippen LogP contribution in [0.2, 0.25) is 0 Å². The van der Waals surface area contributed by atoms with Gasteiger partial charge in [-0.1, -0.05) is 24.3 Å². The highest BCUT2D eigenvalue weighted by Crippen LogP contribution is 2.39. The summed E-state index contributed by atoms with van der Waals surface area (Å²) in [5, 5.41) is 23.9. The fourth-order valence-electron chi connectivity index (χ4n) is 4.50. The fraction of sp³-hybridized carbons (Fsp3) is 0.375. The first-order valence-electron chi connectivity index (χ1n) is 12.0. The van der Waals surface area contributed by atoms with Gasteiger partial charge in [0.25, 0.3) is 0 Å². The number of hydrogen-bond donors (Lipinski definition) is 1. The van der Waals surface area contributed by atoms with Crippen molar-refractivity contribution >= 4 is 11.6 Å². The quantitative estimate of drug-likeness (QED) is 0.408. The molecule has 1 unspecified atom stereocenters. The third kappa shape index (κ3) is 4.30. The number of hydrogen-bond acceptors (Lipinski definition) is 8. The van der Waals surface area contributed by atoms with E-state index in [4.69, 9.17) is 0 Å². The van der Waals surface area contributed by atoms with Crippen molar-refractivity contribution in [2.24, 2.45) is 10.3 Å². The maximum absolute atomic E-state index is 15.1. The number of nitrogens with zero attached hydrogens (tertiary/aromatic N) is 9. The van der Waals surface area contributed by atoms with Gasteiger partial charge < -0.3 is 9.72 Å². The maximum Gasteiger partial charge on any atom is 0.249 e. The highest BCUT2D eigenvalue weighted by molar-refractivity contribution is 5.82. The molecule has 12 heteroatoms. The lowest BCUT2D eigenvalue weighted by Gasteiger charge is -2.15. The molecule has 4 heterocycles. The van der Waals surface area contributed by atoms with Crippen LogP contribution >= 0.6 is 0 Å². The van der Waals surface area contributed by atoms with Crippen LogP contribution in [0.15, 0.2) is 53.3 Å². The van der Waals surface area contributed by atoms with E-state index >= 15 is 4.39 Å². The van der Waals surface area contributed by atoms with Gasteiger partial charge in [0.15, 0.2) is 6.04 Å². The van der Waals surface area contributed by atoms with Crippen molar-refractivity contribution in [1.29, 1.82) is 0 Å². The molecule has 1 amide bonds. The Balaban J connectivity index is 1.10. The first-order valence-corrected chi connectivity index (χ1v) is 12.0. The van der Waals surface area contributed by atoms with Crippen molar-refractivity contribution in [2.75, 3.05) is 6.54 Å². The minimum absolute atomic E-state index is 0.0184. The number of rotatable bonds is 8. The van der Waals surface area contributed by atoms with E-state index in [1.807, 2.05) is 23.6 Å². The van der Waals surface area contributed by atoms with Crippen LogP contribution in [0.3, 0.4) is 0 Å². The topological polar surface area (TPSA) is 118 Å². The van der Waals surface area contributed by atoms with E-state index in [0.717, 1.165) is 11.3 Å². The zero-order valence-corrected chi connectivity index (χ0v) is 19.7. The van der Waals surface area contributed by atoms with Gasteiger partial charge >= 0.3 is 0 Å². The summed E-state index contributed by atoms with van der Waals surface area (Å²) in [6.45, 7) is 2.63. The molecule has 1 fully saturated rings. The number of fused-ring (bicyclic) bond motifs is 1. The molecule has 1 aliphatic carbocycles. The predicted molar refractivity (Wildman–Crippen MR) is 127 cm³/mol. The number of imidazole rings is 1. The Morgan fingerprint density at radius 2 is 2.08 bits per heavy atom. The highest BCUT2D eigenvalue weighted by atomic mass is 19.1. The number of carbonyl (C=O) groups excluding carboxylic acids is 1. The number of benzene rings is 1. The van der Waals surface area contributed by atoms with Crippen molar-refractivity contribution in [2.45, 2.75) is 51.2 Å². The molecule has 0 saturated heterocycles. The largest absolute Gasteiger partial charge is 0.350 e. The van der Waals surface area contributed by atoms with Crippen molar-refractivity contribution < 1.29 is 9.18 Å². The van der Waals surface area contributed by atoms with Crippen LogP contribution in [0.5, 0.6) is 0 Å². The second-order valence-electron chi connectivity index (χ2n) is 9.16. The van der Waals surface area contributed by atoms with Crippen molar-refractivity contribution in [3.63, 3.8) is 0 Å². The van der Waals surface area contributed by atoms with E-state index in [1.54, 1.807) is 17.1 Å². The number of pyridine rings is 1. The molecule has 6 rings (SSSR count). The number of nitrogens with one attached hydrogen (secondary N) is 1. The Bertz CT molecular complexity index is 1440. The van der Waals surface area contributed by atoms with Gasteiger partial charge in [0.2, 0.25) is 5.91 Å². The van der Waals surface area contributed by atoms with Crippen molar-refractivity contribution in [1.82, 2.24) is 39.9 Å². The molecule has 0 bridgehead atoms. The summed E-state index contributed by atoms with van der Waals surface area (Å²) in [6.07, 6.45) is 8.55. The monoisotopic (exact) mass is 488 g/mol. The molecule has 3 aromatic heterocycles. The SMILES string of the molecule is CCc1ccc(-n2cnnn2)c(CNC(=O)C2CN(Cc3cn4cc(C5CC5)ccc4n3)N=N2)c1F. The lowest BCUT2D eigenvalue weighted by Crippen LogP contribution is -2.37. The Morgan fingerprint density at radius 1 is 1.19 bits per heavy atom. The fourth-order valence-corrected chi connectivity index (χ4v) is 4.50. The Hall–Kier alpha value is -4.22. The van der Waals surface area contributed by atoms with Gasteiger partial charge in [0.05, 0.1) is 24.5 Å². The summed E-state index contributed by atoms with van der Waals surface area (Å²) in [6, 6.07) is 6.95. The maximum atomic E-state index is 15.1. The number of aryl methyl sites for hydroxylation is 1. The Labute approximate surface area is 206 Å². The van der Waals surface area contributed by atoms with Crippen LogP contribution in [0, 0.1) is 5.82 Å². The summed E-state index contributed by atoms with van der Waals surface area (Å²) in [5.41, 5.74) is 4.42. The number of aromatic nitrogens is 6. The highest BCUT2D eigenvalue weighted by Gasteiger charge is 2.28. The summed E-state index contributed by atoms with van der Waals surface area (Å²) < 4.78 is 18.5. The van der Waals surface area contributed by atoms with Crippen molar-refractivity contribution in [3.8, 4) is 5.69 Å². The van der Waals surface area contributed by atoms with Gasteiger partial charge in [-0.15, -0.1) is 5.10 Å². The third-order valence-electron chi connectivity index (χ3n) is 6.64. The van der Waals surface area contributed by atoms with E-state index < -0.39 is 6.04 Å². The molecule has 1 saturated carbocycles. The standard InChI is InChI=1S/C24H25FN10O/c1-2-15-5-7-21(35-14-27-30-32-35)19(23(15)25)9-26-24(36)20-13-34(31-29-20)12-18-11-33-10-17(16-3-4-16)6-8-22(33)28-18/h5-8,10-11,14,16,20H,2-4,9,12-13H2,1H3,(H,26,36). The van der Waals surface area contributed by atoms with Crippen LogP contribution in [-0.2, 0) is 24.3 Å². The van der Waals surface area contributed by atoms with Gasteiger partial charge in [-0.05, 0) is 58.9 Å². The normalized spacial score (nSPS) is 17.3. The average molecular weight is 489 g/mol. The Morgan fingerprint density at radius 3 is 2.86 bits per heavy atom. The Kier molecular flexibility index (Phi) is 5.62. The summed E-state index contributed by atoms with van der Waals surface area (Å²) >= 11 is 0. The second-order valence-corrected chi connectivity index (χ2v) is 9.16. The molecule has 2 aliphatic rings. The van der Waals surface area contributed by atoms with E-state index in [1.165, 1.54) is 29.4 Å². The van der Waals surface area contributed by atoms with E-state index in [2.05, 4.69) is 48.4 Å². The number of amides is 1. The van der Waals surface area contributed by atoms with E-state index in [9.17, 15) is 4.79 Å². The molecule has 184 valence electrons. The van der Waals surface area contributed by atoms with Crippen LogP contribution < -0.4 is 5.32 Å². The summed E-state index contributed by atoms with van der Waals surface area (Å²) in [5.74, 6) is -0.0276. The molecule has 1 aromatic carbocycles. The van der Waals surface area contributed by atoms with Crippen LogP contribution in [0.4, 0.5) is 4.39 Å². The molecule has 1 atom stereocenters. The molecule has 1 N–H and O–H groups in total. The zero-order chi connectivity index (χ0) is 24.6. The predicted octanol–water partition coefficient (Wildman–Crippen LogP) is 2.76. The molecular formula is C24H25FN10O. The van der Waals surface area contributed by atoms with Crippen LogP contribution in [0.25, 0.3) is 11.3 Å². The lowest BCUT2D eigenvalue weighted by molar-refractivity contribution is -0.122. The second kappa shape index (κ2) is 9.10. The molecule has 36 heavy (non-hydrogen) atoms. The van der Waals surface area contributed by atoms with Gasteiger partial charge in [0, 0.05) is 24.5 Å². The van der Waals surface area contributed by atoms with Gasteiger partial charge in [-0.3, -0.25) is 9.80 Å². The average Bonchev–Trinajstić information content (AvgIpc) is 3.24. The van der Waals surface area contributed by atoms with Gasteiger partial charge in [-0.25, -0.2) is 14.1 Å². The van der Waals surface area contributed by atoms with Crippen LogP contribution in [-0.4, -0.2) is 53.1 Å². The first kappa shape index (κ1) is 22.3. The minimum atomic E-state index is -0.683. The number of tetrazole rings is 1. The molecule has 1 aliphatic heterocycles. The molecule has 0 spiro atoms. The van der Waals surface area contributed by atoms with Gasteiger partial charge in [0.1, 0.15) is 17.8 Å². The summed E-state index contributed by atoms with van der Waals surface area (Å²) in [7, 11) is 0. The third-order valence-corrected chi connectivity index (χ3v) is 6.64. The number of halogens is 1. The van der Waals surface area contributed by atoms with E-state index in [-0.39, 0.29) is 18.3 Å². The lowest BCUT2D eigenvalue weighted by atomic mass is 10.0. The van der Waals surface area contributed by atoms with Crippen molar-refractivity contribution in [3.05, 3.63) is 71.2 Å². The molecular weight excluding hydrogens is 463 g/mol. The van der Waals surface area contributed by atoms with Gasteiger partial charge in [-0.2, -0.15) is 5.11 Å². The van der Waals surface area contributed by atoms with Crippen LogP contribution in [0.1, 0.15) is 48.1 Å². The molecule has 4 aromatic rings. The zero-order valence-electron chi connectivity index (χ0n) is 19.7. The molecule has 11 nitrogen and oxygen atoms in total. The minimum Gasteiger partial charge on any atom is -0.350 e. The van der Waals surface area contributed by atoms with E-state index in [0.29, 0.717) is 42.2 Å². The first-order chi connectivity index (χ1) is 17.6. The molecule has 0 radical (unpaired) electrons. The smallest absolute Gasteiger partial charge is 0.249 e. The summed E-state index contributed by atoms with van der Waals surface area (Å²) in [4.78, 5) is 17.5. The number of carbonyl (C=O) groups is 1.